The van der Waals surface area contributed by atoms with Crippen LogP contribution in [0.5, 0.6) is 0 Å². The van der Waals surface area contributed by atoms with Gasteiger partial charge in [-0.3, -0.25) is 9.48 Å². The Morgan fingerprint density at radius 2 is 1.90 bits per heavy atom. The summed E-state index contributed by atoms with van der Waals surface area (Å²) in [6.07, 6.45) is 1.66. The van der Waals surface area contributed by atoms with Gasteiger partial charge in [-0.25, -0.2) is 9.29 Å². The molecule has 31 heavy (non-hydrogen) atoms. The number of halogens is 2. The van der Waals surface area contributed by atoms with E-state index in [4.69, 9.17) is 23.8 Å². The van der Waals surface area contributed by atoms with Crippen LogP contribution in [0.3, 0.4) is 0 Å². The number of rotatable bonds is 4. The lowest BCUT2D eigenvalue weighted by molar-refractivity contribution is -0.119. The van der Waals surface area contributed by atoms with Gasteiger partial charge in [-0.15, -0.1) is 11.8 Å². The zero-order valence-corrected chi connectivity index (χ0v) is 18.9. The summed E-state index contributed by atoms with van der Waals surface area (Å²) in [5.74, 6) is 0.585. The zero-order chi connectivity index (χ0) is 21.7. The van der Waals surface area contributed by atoms with Gasteiger partial charge in [0.05, 0.1) is 6.54 Å². The second-order valence-electron chi connectivity index (χ2n) is 7.60. The summed E-state index contributed by atoms with van der Waals surface area (Å²) >= 11 is 13.9. The lowest BCUT2D eigenvalue weighted by atomic mass is 10.1. The topological polar surface area (TPSA) is 41.4 Å². The number of benzene rings is 2. The van der Waals surface area contributed by atoms with Gasteiger partial charge in [0.2, 0.25) is 0 Å². The van der Waals surface area contributed by atoms with Gasteiger partial charge < -0.3 is 4.90 Å². The number of carbonyl (C=O) groups is 1. The number of amides is 1. The van der Waals surface area contributed by atoms with E-state index in [2.05, 4.69) is 29.4 Å². The Hall–Kier alpha value is -2.42. The minimum Gasteiger partial charge on any atom is -0.319 e. The molecule has 158 valence electrons. The number of thiocarbonyl (C=S) groups is 1. The third-order valence-electron chi connectivity index (χ3n) is 5.45. The van der Waals surface area contributed by atoms with Crippen molar-refractivity contribution in [2.45, 2.75) is 24.9 Å². The second-order valence-corrected chi connectivity index (χ2v) is 9.49. The van der Waals surface area contributed by atoms with E-state index in [1.165, 1.54) is 22.6 Å². The van der Waals surface area contributed by atoms with Crippen molar-refractivity contribution in [3.63, 3.8) is 0 Å². The first-order valence-corrected chi connectivity index (χ1v) is 11.6. The molecule has 1 amide bonds. The van der Waals surface area contributed by atoms with Gasteiger partial charge in [0.1, 0.15) is 22.3 Å². The van der Waals surface area contributed by atoms with Crippen molar-refractivity contribution in [3.05, 3.63) is 82.3 Å². The molecule has 2 aliphatic heterocycles. The van der Waals surface area contributed by atoms with Crippen LogP contribution >= 0.6 is 35.6 Å². The molecule has 5 rings (SSSR count). The van der Waals surface area contributed by atoms with Crippen LogP contribution < -0.4 is 4.90 Å². The van der Waals surface area contributed by atoms with Crippen molar-refractivity contribution in [2.75, 3.05) is 10.7 Å². The number of hydrogen-bond donors (Lipinski definition) is 0. The molecule has 2 aliphatic rings. The van der Waals surface area contributed by atoms with E-state index in [-0.39, 0.29) is 23.1 Å². The van der Waals surface area contributed by atoms with Gasteiger partial charge >= 0.3 is 0 Å². The molecule has 3 heterocycles. The largest absolute Gasteiger partial charge is 0.319 e. The van der Waals surface area contributed by atoms with Crippen LogP contribution in [0.2, 0.25) is 5.02 Å². The highest BCUT2D eigenvalue weighted by Crippen LogP contribution is 2.46. The Bertz CT molecular complexity index is 1170. The van der Waals surface area contributed by atoms with Gasteiger partial charge in [-0.2, -0.15) is 5.10 Å². The van der Waals surface area contributed by atoms with Gasteiger partial charge in [0.15, 0.2) is 10.9 Å². The van der Waals surface area contributed by atoms with Crippen LogP contribution in [0.4, 0.5) is 10.2 Å². The number of carbonyl (C=O) groups excluding carboxylic acids is 1. The molecule has 0 bridgehead atoms. The van der Waals surface area contributed by atoms with E-state index in [0.717, 1.165) is 11.1 Å². The smallest absolute Gasteiger partial charge is 0.258 e. The standard InChI is InChI=1S/C22H18ClFN4OS2/c1-13-2-6-15(7-3-13)21-27-18(12-31-21)20(29)28(22(27)30)19-17(23)11-26(25-19)10-14-4-8-16(24)9-5-14/h2-9,11,18,21H,10,12H2,1H3/t18-,21+/m0/s1. The monoisotopic (exact) mass is 472 g/mol. The van der Waals surface area contributed by atoms with Gasteiger partial charge in [-0.05, 0) is 42.4 Å². The Kier molecular flexibility index (Phi) is 5.24. The second kappa shape index (κ2) is 7.93. The highest BCUT2D eigenvalue weighted by atomic mass is 35.5. The number of aromatic nitrogens is 2. The predicted octanol–water partition coefficient (Wildman–Crippen LogP) is 4.78. The van der Waals surface area contributed by atoms with E-state index in [9.17, 15) is 9.18 Å². The summed E-state index contributed by atoms with van der Waals surface area (Å²) in [6, 6.07) is 14.1. The molecule has 2 saturated heterocycles. The molecule has 1 aromatic heterocycles. The van der Waals surface area contributed by atoms with Gasteiger partial charge in [0, 0.05) is 11.9 Å². The van der Waals surface area contributed by atoms with Crippen molar-refractivity contribution in [1.29, 1.82) is 0 Å². The molecule has 0 aliphatic carbocycles. The van der Waals surface area contributed by atoms with Crippen LogP contribution in [0.25, 0.3) is 0 Å². The molecule has 9 heteroatoms. The lowest BCUT2D eigenvalue weighted by Gasteiger charge is -2.25. The van der Waals surface area contributed by atoms with E-state index >= 15 is 0 Å². The molecular formula is C22H18ClFN4OS2. The van der Waals surface area contributed by atoms with Crippen molar-refractivity contribution < 1.29 is 9.18 Å². The maximum absolute atomic E-state index is 13.2. The normalized spacial score (nSPS) is 20.6. The fraction of sp³-hybridized carbons (Fsp3) is 0.227. The summed E-state index contributed by atoms with van der Waals surface area (Å²) in [6.45, 7) is 2.45. The molecule has 0 saturated carbocycles. The number of fused-ring (bicyclic) bond motifs is 1. The summed E-state index contributed by atoms with van der Waals surface area (Å²) in [7, 11) is 0. The molecule has 3 aromatic rings. The van der Waals surface area contributed by atoms with Crippen molar-refractivity contribution in [3.8, 4) is 0 Å². The Morgan fingerprint density at radius 1 is 1.19 bits per heavy atom. The predicted molar refractivity (Wildman–Crippen MR) is 125 cm³/mol. The average Bonchev–Trinajstić information content (AvgIpc) is 3.40. The minimum atomic E-state index is -0.331. The van der Waals surface area contributed by atoms with Crippen molar-refractivity contribution >= 4 is 52.4 Å². The summed E-state index contributed by atoms with van der Waals surface area (Å²) in [5, 5.41) is 5.26. The van der Waals surface area contributed by atoms with Crippen LogP contribution in [-0.4, -0.2) is 37.5 Å². The van der Waals surface area contributed by atoms with Crippen molar-refractivity contribution in [1.82, 2.24) is 14.7 Å². The number of hydrogen-bond acceptors (Lipinski definition) is 4. The molecule has 0 radical (unpaired) electrons. The number of nitrogens with zero attached hydrogens (tertiary/aromatic N) is 4. The van der Waals surface area contributed by atoms with Gasteiger partial charge in [-0.1, -0.05) is 53.6 Å². The lowest BCUT2D eigenvalue weighted by Crippen LogP contribution is -2.34. The summed E-state index contributed by atoms with van der Waals surface area (Å²) in [5.41, 5.74) is 3.17. The maximum Gasteiger partial charge on any atom is 0.258 e. The van der Waals surface area contributed by atoms with Crippen LogP contribution in [0.15, 0.2) is 54.7 Å². The summed E-state index contributed by atoms with van der Waals surface area (Å²) < 4.78 is 14.8. The van der Waals surface area contributed by atoms with E-state index in [1.54, 1.807) is 34.8 Å². The van der Waals surface area contributed by atoms with Crippen LogP contribution in [-0.2, 0) is 11.3 Å². The Balaban J connectivity index is 1.42. The van der Waals surface area contributed by atoms with E-state index in [0.29, 0.717) is 28.3 Å². The molecule has 0 spiro atoms. The number of thioether (sulfide) groups is 1. The summed E-state index contributed by atoms with van der Waals surface area (Å²) in [4.78, 5) is 16.7. The highest BCUT2D eigenvalue weighted by Gasteiger charge is 2.51. The Labute approximate surface area is 193 Å². The van der Waals surface area contributed by atoms with Crippen LogP contribution in [0, 0.1) is 12.7 Å². The first kappa shape index (κ1) is 20.5. The van der Waals surface area contributed by atoms with Crippen molar-refractivity contribution in [2.24, 2.45) is 0 Å². The molecule has 2 aromatic carbocycles. The highest BCUT2D eigenvalue weighted by molar-refractivity contribution is 7.99. The fourth-order valence-corrected chi connectivity index (χ4v) is 6.00. The third-order valence-corrected chi connectivity index (χ3v) is 7.43. The maximum atomic E-state index is 13.2. The molecule has 2 fully saturated rings. The van der Waals surface area contributed by atoms with E-state index in [1.807, 2.05) is 11.8 Å². The Morgan fingerprint density at radius 3 is 2.61 bits per heavy atom. The molecule has 2 atom stereocenters. The van der Waals surface area contributed by atoms with Crippen LogP contribution in [0.1, 0.15) is 22.1 Å². The first-order chi connectivity index (χ1) is 14.9. The number of anilines is 1. The zero-order valence-electron chi connectivity index (χ0n) is 16.5. The average molecular weight is 473 g/mol. The molecule has 0 N–H and O–H groups in total. The van der Waals surface area contributed by atoms with E-state index < -0.39 is 0 Å². The molecular weight excluding hydrogens is 455 g/mol. The number of aryl methyl sites for hydroxylation is 1. The van der Waals surface area contributed by atoms with Gasteiger partial charge in [0.25, 0.3) is 5.91 Å². The third kappa shape index (κ3) is 3.62. The fourth-order valence-electron chi connectivity index (χ4n) is 3.87. The molecule has 5 nitrogen and oxygen atoms in total. The first-order valence-electron chi connectivity index (χ1n) is 9.74. The minimum absolute atomic E-state index is 0.0212. The molecule has 0 unspecified atom stereocenters. The SMILES string of the molecule is Cc1ccc([C@H]2SC[C@H]3C(=O)N(c4nn(Cc5ccc(F)cc5)cc4Cl)C(=S)N23)cc1. The quantitative estimate of drug-likeness (QED) is 0.511.